The number of thiocarbonyl (C=S) groups is 1. The molecule has 7 N–H and O–H groups in total. The Morgan fingerprint density at radius 3 is 2.48 bits per heavy atom. The summed E-state index contributed by atoms with van der Waals surface area (Å²) in [5, 5.41) is 54.5. The molecule has 3 unspecified atom stereocenters. The van der Waals surface area contributed by atoms with E-state index >= 15 is 0 Å². The molecule has 0 amide bonds. The van der Waals surface area contributed by atoms with Crippen LogP contribution in [0.15, 0.2) is 24.3 Å². The molecule has 172 valence electrons. The first-order valence-corrected chi connectivity index (χ1v) is 10.3. The summed E-state index contributed by atoms with van der Waals surface area (Å²) < 4.78 is 11.1. The minimum Gasteiger partial charge on any atom is -0.462 e. The summed E-state index contributed by atoms with van der Waals surface area (Å²) in [5.74, 6) is 2.95. The molecule has 0 aliphatic carbocycles. The van der Waals surface area contributed by atoms with Gasteiger partial charge in [-0.15, -0.1) is 12.3 Å². The second kappa shape index (κ2) is 12.7. The average Bonchev–Trinajstić information content (AvgIpc) is 2.74. The van der Waals surface area contributed by atoms with E-state index in [-0.39, 0.29) is 18.2 Å². The summed E-state index contributed by atoms with van der Waals surface area (Å²) in [6, 6.07) is 6.69. The Labute approximate surface area is 186 Å². The van der Waals surface area contributed by atoms with Crippen molar-refractivity contribution in [3.05, 3.63) is 24.3 Å². The highest BCUT2D eigenvalue weighted by Crippen LogP contribution is 2.26. The van der Waals surface area contributed by atoms with Crippen molar-refractivity contribution >= 4 is 23.0 Å². The number of aliphatic hydroxyl groups excluding tert-OH is 3. The highest BCUT2D eigenvalue weighted by Gasteiger charge is 2.44. The van der Waals surface area contributed by atoms with Crippen LogP contribution in [0, 0.1) is 12.3 Å². The van der Waals surface area contributed by atoms with Gasteiger partial charge in [-0.25, -0.2) is 0 Å². The molecule has 1 heterocycles. The fourth-order valence-corrected chi connectivity index (χ4v) is 3.20. The predicted octanol–water partition coefficient (Wildman–Crippen LogP) is 0.433. The molecule has 1 fully saturated rings. The van der Waals surface area contributed by atoms with Crippen LogP contribution in [0.2, 0.25) is 0 Å². The van der Waals surface area contributed by atoms with Crippen molar-refractivity contribution in [3.8, 4) is 18.1 Å². The van der Waals surface area contributed by atoms with E-state index in [4.69, 9.17) is 38.5 Å². The van der Waals surface area contributed by atoms with Gasteiger partial charge in [0.25, 0.3) is 0 Å². The van der Waals surface area contributed by atoms with Crippen molar-refractivity contribution in [3.63, 3.8) is 0 Å². The third-order valence-electron chi connectivity index (χ3n) is 4.68. The molecule has 1 aliphatic heterocycles. The number of hydrogen-bond donors (Lipinski definition) is 7. The highest BCUT2D eigenvalue weighted by atomic mass is 32.1. The molecule has 1 aliphatic rings. The summed E-state index contributed by atoms with van der Waals surface area (Å²) in [6.07, 6.45) is 1.17. The van der Waals surface area contributed by atoms with Gasteiger partial charge in [0.1, 0.15) is 24.1 Å². The highest BCUT2D eigenvalue weighted by molar-refractivity contribution is 7.80. The molecule has 1 saturated heterocycles. The van der Waals surface area contributed by atoms with E-state index in [2.05, 4.69) is 16.6 Å². The first kappa shape index (κ1) is 25.3. The monoisotopic (exact) mass is 455 g/mol. The number of nitrogens with zero attached hydrogens (tertiary/aromatic N) is 1. The van der Waals surface area contributed by atoms with Gasteiger partial charge in [-0.05, 0) is 55.7 Å². The molecule has 0 saturated carbocycles. The Morgan fingerprint density at radius 1 is 1.13 bits per heavy atom. The Morgan fingerprint density at radius 2 is 1.84 bits per heavy atom. The van der Waals surface area contributed by atoms with E-state index < -0.39 is 30.7 Å². The molecule has 1 aromatic rings. The Kier molecular flexibility index (Phi) is 10.4. The maximum Gasteiger partial charge on any atom is 0.229 e. The number of rotatable bonds is 10. The number of ether oxygens (including phenoxy) is 2. The third kappa shape index (κ3) is 8.21. The summed E-state index contributed by atoms with van der Waals surface area (Å²) >= 11 is 5.24. The molecule has 0 spiro atoms. The molecule has 11 heteroatoms. The van der Waals surface area contributed by atoms with Crippen LogP contribution < -0.4 is 15.4 Å². The molecule has 0 aromatic heterocycles. The zero-order valence-corrected chi connectivity index (χ0v) is 17.7. The van der Waals surface area contributed by atoms with Gasteiger partial charge in [0.15, 0.2) is 5.11 Å². The van der Waals surface area contributed by atoms with Gasteiger partial charge in [-0.1, -0.05) is 5.23 Å². The molecule has 2 rings (SSSR count). The van der Waals surface area contributed by atoms with E-state index in [9.17, 15) is 15.3 Å². The van der Waals surface area contributed by atoms with Crippen molar-refractivity contribution in [2.24, 2.45) is 0 Å². The zero-order valence-electron chi connectivity index (χ0n) is 16.9. The van der Waals surface area contributed by atoms with Crippen LogP contribution in [0.4, 0.5) is 5.69 Å². The van der Waals surface area contributed by atoms with Crippen molar-refractivity contribution in [1.29, 1.82) is 0 Å². The van der Waals surface area contributed by atoms with Gasteiger partial charge in [0.05, 0.1) is 12.6 Å². The normalized spacial score (nSPS) is 25.6. The molecular weight excluding hydrogens is 426 g/mol. The molecule has 1 aromatic carbocycles. The molecule has 31 heavy (non-hydrogen) atoms. The van der Waals surface area contributed by atoms with E-state index in [1.807, 2.05) is 0 Å². The van der Waals surface area contributed by atoms with Crippen molar-refractivity contribution in [2.75, 3.05) is 18.4 Å². The first-order valence-electron chi connectivity index (χ1n) is 9.91. The third-order valence-corrected chi connectivity index (χ3v) is 4.93. The van der Waals surface area contributed by atoms with Crippen LogP contribution in [0.1, 0.15) is 25.7 Å². The number of aliphatic hydroxyl groups is 3. The SMILES string of the molecule is C#CCCCCNC(=S)Nc1ccc(O[C@H]2OC(CCN(O)O)[C@@H](O)C(O)C2O)cc1. The van der Waals surface area contributed by atoms with E-state index in [0.29, 0.717) is 17.4 Å². The summed E-state index contributed by atoms with van der Waals surface area (Å²) in [6.45, 7) is 0.487. The van der Waals surface area contributed by atoms with Gasteiger partial charge in [0.2, 0.25) is 6.29 Å². The average molecular weight is 456 g/mol. The van der Waals surface area contributed by atoms with Crippen LogP contribution in [0.3, 0.4) is 0 Å². The second-order valence-corrected chi connectivity index (χ2v) is 7.49. The number of hydrogen-bond acceptors (Lipinski definition) is 9. The van der Waals surface area contributed by atoms with Crippen LogP contribution in [-0.2, 0) is 4.74 Å². The minimum atomic E-state index is -1.51. The molecular formula is C20H29N3O7S. The van der Waals surface area contributed by atoms with E-state index in [0.717, 1.165) is 24.9 Å². The number of unbranched alkanes of at least 4 members (excludes halogenated alkanes) is 2. The standard InChI is InChI=1S/C20H29N3O7S/c1-2-3-4-5-11-21-20(31)22-13-6-8-14(9-7-13)29-19-18(26)17(25)16(24)15(30-19)10-12-23(27)28/h1,6-9,15-19,24-28H,3-5,10-12H2,(H2,21,22,31)/t15?,16-,17?,18?,19+/m1/s1. The summed E-state index contributed by atoms with van der Waals surface area (Å²) in [7, 11) is 0. The molecule has 0 bridgehead atoms. The predicted molar refractivity (Wildman–Crippen MR) is 116 cm³/mol. The molecule has 5 atom stereocenters. The number of hydroxylamine groups is 2. The van der Waals surface area contributed by atoms with Gasteiger partial charge in [-0.2, -0.15) is 0 Å². The lowest BCUT2D eigenvalue weighted by molar-refractivity contribution is -0.317. The molecule has 10 nitrogen and oxygen atoms in total. The lowest BCUT2D eigenvalue weighted by atomic mass is 9.97. The summed E-state index contributed by atoms with van der Waals surface area (Å²) in [4.78, 5) is 0. The quantitative estimate of drug-likeness (QED) is 0.114. The van der Waals surface area contributed by atoms with Crippen molar-refractivity contribution in [1.82, 2.24) is 10.5 Å². The fourth-order valence-electron chi connectivity index (χ4n) is 2.98. The van der Waals surface area contributed by atoms with Gasteiger partial charge in [0, 0.05) is 18.7 Å². The smallest absolute Gasteiger partial charge is 0.229 e. The van der Waals surface area contributed by atoms with Gasteiger partial charge >= 0.3 is 0 Å². The summed E-state index contributed by atoms with van der Waals surface area (Å²) in [5.41, 5.74) is 0.720. The number of benzene rings is 1. The zero-order chi connectivity index (χ0) is 22.8. The van der Waals surface area contributed by atoms with Crippen LogP contribution in [0.25, 0.3) is 0 Å². The number of anilines is 1. The maximum atomic E-state index is 10.2. The second-order valence-electron chi connectivity index (χ2n) is 7.08. The van der Waals surface area contributed by atoms with Gasteiger partial charge < -0.3 is 35.4 Å². The first-order chi connectivity index (χ1) is 14.8. The maximum absolute atomic E-state index is 10.2. The topological polar surface area (TPSA) is 147 Å². The Bertz CT molecular complexity index is 728. The molecule has 0 radical (unpaired) electrons. The fraction of sp³-hybridized carbons (Fsp3) is 0.550. The lowest BCUT2D eigenvalue weighted by Gasteiger charge is -2.40. The lowest BCUT2D eigenvalue weighted by Crippen LogP contribution is -2.59. The minimum absolute atomic E-state index is 0.00611. The van der Waals surface area contributed by atoms with E-state index in [1.165, 1.54) is 0 Å². The Hall–Kier alpha value is -2.01. The van der Waals surface area contributed by atoms with Crippen molar-refractivity contribution in [2.45, 2.75) is 56.4 Å². The van der Waals surface area contributed by atoms with Crippen molar-refractivity contribution < 1.29 is 35.2 Å². The number of nitrogens with one attached hydrogen (secondary N) is 2. The number of terminal acetylenes is 1. The van der Waals surface area contributed by atoms with Crippen LogP contribution in [-0.4, -0.2) is 79.9 Å². The largest absolute Gasteiger partial charge is 0.462 e. The van der Waals surface area contributed by atoms with Crippen LogP contribution in [0.5, 0.6) is 5.75 Å². The van der Waals surface area contributed by atoms with E-state index in [1.54, 1.807) is 24.3 Å². The van der Waals surface area contributed by atoms with Gasteiger partial charge in [-0.3, -0.25) is 10.4 Å². The Balaban J connectivity index is 1.86. The van der Waals surface area contributed by atoms with Crippen LogP contribution >= 0.6 is 12.2 Å².